The molecule has 0 radical (unpaired) electrons. The summed E-state index contributed by atoms with van der Waals surface area (Å²) >= 11 is 0. The molecule has 16 heavy (non-hydrogen) atoms. The van der Waals surface area contributed by atoms with Crippen molar-refractivity contribution in [2.75, 3.05) is 0 Å². The van der Waals surface area contributed by atoms with Gasteiger partial charge in [0.25, 0.3) is 0 Å². The second kappa shape index (κ2) is 7.44. The van der Waals surface area contributed by atoms with Crippen LogP contribution in [0.15, 0.2) is 30.3 Å². The number of amides is 1. The molecule has 1 aromatic carbocycles. The van der Waals surface area contributed by atoms with Crippen LogP contribution in [-0.4, -0.2) is 23.0 Å². The molecule has 0 saturated carbocycles. The van der Waals surface area contributed by atoms with E-state index in [1.54, 1.807) is 0 Å². The predicted octanol–water partition coefficient (Wildman–Crippen LogP) is -2.07. The molecular formula is C11H14NNaO3. The summed E-state index contributed by atoms with van der Waals surface area (Å²) in [6.45, 7) is 1.31. The van der Waals surface area contributed by atoms with E-state index < -0.39 is 12.0 Å². The van der Waals surface area contributed by atoms with Gasteiger partial charge in [0, 0.05) is 13.3 Å². The monoisotopic (exact) mass is 231 g/mol. The van der Waals surface area contributed by atoms with E-state index in [2.05, 4.69) is 5.32 Å². The summed E-state index contributed by atoms with van der Waals surface area (Å²) in [4.78, 5) is 21.6. The molecule has 2 N–H and O–H groups in total. The van der Waals surface area contributed by atoms with Crippen molar-refractivity contribution >= 4 is 11.9 Å². The average Bonchev–Trinajstić information content (AvgIpc) is 2.17. The molecule has 0 aliphatic rings. The van der Waals surface area contributed by atoms with Gasteiger partial charge in [-0.1, -0.05) is 30.3 Å². The zero-order valence-electron chi connectivity index (χ0n) is 10.4. The summed E-state index contributed by atoms with van der Waals surface area (Å²) in [5.74, 6) is -1.35. The quantitative estimate of drug-likeness (QED) is 0.585. The van der Waals surface area contributed by atoms with E-state index >= 15 is 0 Å². The van der Waals surface area contributed by atoms with Crippen molar-refractivity contribution < 1.29 is 45.7 Å². The number of carbonyl (C=O) groups is 2. The van der Waals surface area contributed by atoms with E-state index in [0.29, 0.717) is 6.42 Å². The molecule has 0 bridgehead atoms. The first kappa shape index (κ1) is 15.2. The number of hydrogen-bond acceptors (Lipinski definition) is 2. The molecule has 0 fully saturated rings. The molecule has 0 aromatic heterocycles. The van der Waals surface area contributed by atoms with Crippen LogP contribution in [0.3, 0.4) is 0 Å². The van der Waals surface area contributed by atoms with Crippen molar-refractivity contribution in [2.45, 2.75) is 19.4 Å². The maximum atomic E-state index is 10.8. The van der Waals surface area contributed by atoms with Gasteiger partial charge in [0.15, 0.2) is 0 Å². The normalized spacial score (nSPS) is 11.1. The van der Waals surface area contributed by atoms with Crippen LogP contribution in [0, 0.1) is 0 Å². The van der Waals surface area contributed by atoms with Crippen LogP contribution in [0.1, 0.15) is 13.9 Å². The molecule has 0 aliphatic carbocycles. The Hall–Kier alpha value is -0.840. The third kappa shape index (κ3) is 5.30. The number of carbonyl (C=O) groups excluding carboxylic acids is 1. The van der Waals surface area contributed by atoms with Crippen LogP contribution in [0.5, 0.6) is 0 Å². The zero-order valence-corrected chi connectivity index (χ0v) is 11.4. The topological polar surface area (TPSA) is 66.4 Å². The number of hydrogen-bond donors (Lipinski definition) is 2. The second-order valence-electron chi connectivity index (χ2n) is 3.28. The third-order valence-corrected chi connectivity index (χ3v) is 1.96. The molecule has 1 rings (SSSR count). The minimum absolute atomic E-state index is 0. The van der Waals surface area contributed by atoms with Gasteiger partial charge < -0.3 is 11.8 Å². The molecule has 0 aliphatic heterocycles. The number of rotatable bonds is 4. The largest absolute Gasteiger partial charge is 1.00 e. The summed E-state index contributed by atoms with van der Waals surface area (Å²) in [5.41, 5.74) is 0.888. The Morgan fingerprint density at radius 2 is 1.94 bits per heavy atom. The van der Waals surface area contributed by atoms with E-state index in [0.717, 1.165) is 5.56 Å². The van der Waals surface area contributed by atoms with Crippen molar-refractivity contribution in [2.24, 2.45) is 0 Å². The van der Waals surface area contributed by atoms with Gasteiger partial charge in [0.2, 0.25) is 5.91 Å². The summed E-state index contributed by atoms with van der Waals surface area (Å²) < 4.78 is 0. The molecule has 0 spiro atoms. The Morgan fingerprint density at radius 1 is 1.38 bits per heavy atom. The van der Waals surface area contributed by atoms with Crippen molar-refractivity contribution in [1.82, 2.24) is 5.32 Å². The van der Waals surface area contributed by atoms with Gasteiger partial charge >= 0.3 is 35.5 Å². The fraction of sp³-hybridized carbons (Fsp3) is 0.273. The minimum atomic E-state index is -1.02. The van der Waals surface area contributed by atoms with Crippen LogP contribution in [0.25, 0.3) is 0 Å². The van der Waals surface area contributed by atoms with E-state index in [-0.39, 0.29) is 36.9 Å². The van der Waals surface area contributed by atoms with Crippen LogP contribution in [0.2, 0.25) is 0 Å². The summed E-state index contributed by atoms with van der Waals surface area (Å²) in [6.07, 6.45) is 0.301. The summed E-state index contributed by atoms with van der Waals surface area (Å²) in [7, 11) is 0. The first-order valence-electron chi connectivity index (χ1n) is 4.63. The van der Waals surface area contributed by atoms with Crippen LogP contribution in [-0.2, 0) is 16.0 Å². The van der Waals surface area contributed by atoms with Gasteiger partial charge in [0.05, 0.1) is 0 Å². The molecule has 1 aromatic rings. The first-order valence-corrected chi connectivity index (χ1v) is 4.63. The smallest absolute Gasteiger partial charge is 1.00 e. The Balaban J connectivity index is 0. The standard InChI is InChI=1S/C11H13NO3.Na.H/c1-8(13)12-10(11(14)15)7-9-5-3-2-4-6-9;;/h2-6,10H,7H2,1H3,(H,12,13)(H,14,15);;/q;+1;-1. The fourth-order valence-electron chi connectivity index (χ4n) is 1.30. The van der Waals surface area contributed by atoms with Crippen molar-refractivity contribution in [1.29, 1.82) is 0 Å². The van der Waals surface area contributed by atoms with Crippen molar-refractivity contribution in [3.8, 4) is 0 Å². The molecule has 82 valence electrons. The van der Waals surface area contributed by atoms with Crippen LogP contribution < -0.4 is 34.9 Å². The molecular weight excluding hydrogens is 217 g/mol. The Morgan fingerprint density at radius 3 is 2.38 bits per heavy atom. The van der Waals surface area contributed by atoms with E-state index in [1.165, 1.54) is 6.92 Å². The molecule has 5 heteroatoms. The third-order valence-electron chi connectivity index (χ3n) is 1.96. The number of nitrogens with one attached hydrogen (secondary N) is 1. The number of carboxylic acid groups (broad SMARTS) is 1. The minimum Gasteiger partial charge on any atom is -1.00 e. The maximum Gasteiger partial charge on any atom is 1.00 e. The van der Waals surface area contributed by atoms with Gasteiger partial charge in [-0.25, -0.2) is 4.79 Å². The van der Waals surface area contributed by atoms with Crippen molar-refractivity contribution in [3.63, 3.8) is 0 Å². The molecule has 1 unspecified atom stereocenters. The van der Waals surface area contributed by atoms with Gasteiger partial charge in [-0.05, 0) is 5.56 Å². The van der Waals surface area contributed by atoms with Gasteiger partial charge in [0.1, 0.15) is 6.04 Å². The van der Waals surface area contributed by atoms with Gasteiger partial charge in [-0.3, -0.25) is 4.79 Å². The summed E-state index contributed by atoms with van der Waals surface area (Å²) in [6, 6.07) is 8.34. The second-order valence-corrected chi connectivity index (χ2v) is 3.28. The maximum absolute atomic E-state index is 10.8. The SMILES string of the molecule is CC(=O)NC(Cc1ccccc1)C(=O)O.[H-].[Na+]. The molecule has 1 amide bonds. The van der Waals surface area contributed by atoms with Crippen LogP contribution >= 0.6 is 0 Å². The van der Waals surface area contributed by atoms with E-state index in [9.17, 15) is 9.59 Å². The van der Waals surface area contributed by atoms with Gasteiger partial charge in [-0.2, -0.15) is 0 Å². The zero-order chi connectivity index (χ0) is 11.3. The average molecular weight is 231 g/mol. The number of carboxylic acids is 1. The number of benzene rings is 1. The van der Waals surface area contributed by atoms with E-state index in [1.807, 2.05) is 30.3 Å². The number of aliphatic carboxylic acids is 1. The van der Waals surface area contributed by atoms with Crippen LogP contribution in [0.4, 0.5) is 0 Å². The van der Waals surface area contributed by atoms with Gasteiger partial charge in [-0.15, -0.1) is 0 Å². The predicted molar refractivity (Wildman–Crippen MR) is 56.5 cm³/mol. The summed E-state index contributed by atoms with van der Waals surface area (Å²) in [5, 5.41) is 11.3. The Labute approximate surface area is 118 Å². The Kier molecular flexibility index (Phi) is 7.05. The Bertz CT molecular complexity index is 359. The molecule has 0 heterocycles. The molecule has 1 atom stereocenters. The first-order chi connectivity index (χ1) is 7.09. The molecule has 0 saturated heterocycles. The van der Waals surface area contributed by atoms with E-state index in [4.69, 9.17) is 5.11 Å². The van der Waals surface area contributed by atoms with Crippen molar-refractivity contribution in [3.05, 3.63) is 35.9 Å². The molecule has 4 nitrogen and oxygen atoms in total. The fourth-order valence-corrected chi connectivity index (χ4v) is 1.30.